The Bertz CT molecular complexity index is 766. The van der Waals surface area contributed by atoms with Gasteiger partial charge in [-0.1, -0.05) is 0 Å². The number of piperidine rings is 1. The normalized spacial score (nSPS) is 15.2. The van der Waals surface area contributed by atoms with Gasteiger partial charge in [-0.15, -0.1) is 0 Å². The molecule has 0 radical (unpaired) electrons. The predicted molar refractivity (Wildman–Crippen MR) is 89.3 cm³/mol. The first kappa shape index (κ1) is 16.9. The Balaban J connectivity index is 1.70. The molecule has 2 aromatic rings. The van der Waals surface area contributed by atoms with Crippen molar-refractivity contribution >= 4 is 11.9 Å². The molecule has 0 unspecified atom stereocenters. The van der Waals surface area contributed by atoms with E-state index >= 15 is 0 Å². The van der Waals surface area contributed by atoms with Crippen molar-refractivity contribution in [1.82, 2.24) is 20.1 Å². The highest BCUT2D eigenvalue weighted by Gasteiger charge is 2.28. The summed E-state index contributed by atoms with van der Waals surface area (Å²) in [6.07, 6.45) is 2.58. The Morgan fingerprint density at radius 1 is 1.36 bits per heavy atom. The number of nitrogens with one attached hydrogen (secondary N) is 1. The molecule has 25 heavy (non-hydrogen) atoms. The van der Waals surface area contributed by atoms with Gasteiger partial charge in [0, 0.05) is 30.9 Å². The zero-order valence-corrected chi connectivity index (χ0v) is 13.9. The van der Waals surface area contributed by atoms with Gasteiger partial charge in [-0.2, -0.15) is 5.10 Å². The number of aromatic nitrogens is 3. The molecule has 2 aromatic heterocycles. The van der Waals surface area contributed by atoms with Gasteiger partial charge in [-0.25, -0.2) is 4.98 Å². The number of hydrogen-bond donors (Lipinski definition) is 2. The lowest BCUT2D eigenvalue weighted by Gasteiger charge is -2.29. The SMILES string of the molecule is CCOc1cc(-c2cc(C(=O)N3CCC(C(=O)O)CC3)[nH]n2)ccn1. The number of carbonyl (C=O) groups excluding carboxylic acids is 1. The van der Waals surface area contributed by atoms with Crippen LogP contribution in [0, 0.1) is 5.92 Å². The van der Waals surface area contributed by atoms with E-state index in [1.165, 1.54) is 0 Å². The summed E-state index contributed by atoms with van der Waals surface area (Å²) in [6, 6.07) is 5.26. The van der Waals surface area contributed by atoms with Crippen molar-refractivity contribution in [3.8, 4) is 17.1 Å². The minimum atomic E-state index is -0.793. The summed E-state index contributed by atoms with van der Waals surface area (Å²) in [4.78, 5) is 29.3. The molecule has 0 aliphatic carbocycles. The van der Waals surface area contributed by atoms with Crippen molar-refractivity contribution in [3.63, 3.8) is 0 Å². The highest BCUT2D eigenvalue weighted by Crippen LogP contribution is 2.23. The quantitative estimate of drug-likeness (QED) is 0.856. The minimum absolute atomic E-state index is 0.165. The number of pyridine rings is 1. The smallest absolute Gasteiger partial charge is 0.306 e. The number of aromatic amines is 1. The maximum atomic E-state index is 12.6. The number of likely N-dealkylation sites (tertiary alicyclic amines) is 1. The molecule has 1 saturated heterocycles. The van der Waals surface area contributed by atoms with Crippen LogP contribution in [0.4, 0.5) is 0 Å². The maximum Gasteiger partial charge on any atom is 0.306 e. The van der Waals surface area contributed by atoms with E-state index < -0.39 is 5.97 Å². The first-order valence-electron chi connectivity index (χ1n) is 8.25. The number of nitrogens with zero attached hydrogens (tertiary/aromatic N) is 3. The van der Waals surface area contributed by atoms with Gasteiger partial charge in [0.25, 0.3) is 5.91 Å². The molecular formula is C17H20N4O4. The van der Waals surface area contributed by atoms with Crippen molar-refractivity contribution in [2.45, 2.75) is 19.8 Å². The summed E-state index contributed by atoms with van der Waals surface area (Å²) in [5.41, 5.74) is 1.82. The molecule has 1 aliphatic rings. The van der Waals surface area contributed by atoms with Crippen molar-refractivity contribution in [2.24, 2.45) is 5.92 Å². The third-order valence-corrected chi connectivity index (χ3v) is 4.26. The van der Waals surface area contributed by atoms with E-state index in [-0.39, 0.29) is 11.8 Å². The molecule has 1 aliphatic heterocycles. The Labute approximate surface area is 144 Å². The fraction of sp³-hybridized carbons (Fsp3) is 0.412. The Kier molecular flexibility index (Phi) is 4.97. The Morgan fingerprint density at radius 2 is 2.12 bits per heavy atom. The molecule has 0 spiro atoms. The lowest BCUT2D eigenvalue weighted by atomic mass is 9.97. The van der Waals surface area contributed by atoms with Crippen LogP contribution in [0.1, 0.15) is 30.3 Å². The van der Waals surface area contributed by atoms with Crippen LogP contribution in [0.25, 0.3) is 11.3 Å². The Hall–Kier alpha value is -2.90. The summed E-state index contributed by atoms with van der Waals surface area (Å²) >= 11 is 0. The molecular weight excluding hydrogens is 324 g/mol. The van der Waals surface area contributed by atoms with E-state index in [4.69, 9.17) is 9.84 Å². The molecule has 1 fully saturated rings. The molecule has 0 saturated carbocycles. The zero-order chi connectivity index (χ0) is 17.8. The highest BCUT2D eigenvalue weighted by atomic mass is 16.5. The number of rotatable bonds is 5. The molecule has 8 heteroatoms. The number of carboxylic acids is 1. The van der Waals surface area contributed by atoms with Crippen molar-refractivity contribution in [3.05, 3.63) is 30.1 Å². The molecule has 0 aromatic carbocycles. The van der Waals surface area contributed by atoms with Crippen molar-refractivity contribution < 1.29 is 19.4 Å². The van der Waals surface area contributed by atoms with Crippen LogP contribution in [0.5, 0.6) is 5.88 Å². The summed E-state index contributed by atoms with van der Waals surface area (Å²) in [6.45, 7) is 3.28. The van der Waals surface area contributed by atoms with Gasteiger partial charge < -0.3 is 14.7 Å². The van der Waals surface area contributed by atoms with E-state index in [2.05, 4.69) is 15.2 Å². The van der Waals surface area contributed by atoms with Crippen LogP contribution >= 0.6 is 0 Å². The van der Waals surface area contributed by atoms with Crippen LogP contribution in [0.15, 0.2) is 24.4 Å². The highest BCUT2D eigenvalue weighted by molar-refractivity contribution is 5.93. The fourth-order valence-corrected chi connectivity index (χ4v) is 2.87. The third kappa shape index (κ3) is 3.78. The second kappa shape index (κ2) is 7.33. The topological polar surface area (TPSA) is 108 Å². The number of amides is 1. The first-order valence-corrected chi connectivity index (χ1v) is 8.25. The summed E-state index contributed by atoms with van der Waals surface area (Å²) in [7, 11) is 0. The third-order valence-electron chi connectivity index (χ3n) is 4.26. The number of hydrogen-bond acceptors (Lipinski definition) is 5. The first-order chi connectivity index (χ1) is 12.1. The van der Waals surface area contributed by atoms with Gasteiger partial charge in [0.05, 0.1) is 18.2 Å². The minimum Gasteiger partial charge on any atom is -0.481 e. The van der Waals surface area contributed by atoms with Crippen molar-refractivity contribution in [1.29, 1.82) is 0 Å². The number of carboxylic acid groups (broad SMARTS) is 1. The average Bonchev–Trinajstić information content (AvgIpc) is 3.12. The van der Waals surface area contributed by atoms with Gasteiger partial charge in [-0.05, 0) is 31.9 Å². The summed E-state index contributed by atoms with van der Waals surface area (Å²) in [5.74, 6) is -0.817. The molecule has 0 atom stereocenters. The van der Waals surface area contributed by atoms with E-state index in [0.717, 1.165) is 5.56 Å². The van der Waals surface area contributed by atoms with E-state index in [9.17, 15) is 9.59 Å². The zero-order valence-electron chi connectivity index (χ0n) is 13.9. The lowest BCUT2D eigenvalue weighted by Crippen LogP contribution is -2.40. The molecule has 0 bridgehead atoms. The van der Waals surface area contributed by atoms with Gasteiger partial charge in [0.2, 0.25) is 5.88 Å². The summed E-state index contributed by atoms with van der Waals surface area (Å²) < 4.78 is 5.37. The maximum absolute atomic E-state index is 12.6. The van der Waals surface area contributed by atoms with Crippen LogP contribution in [-0.4, -0.2) is 56.8 Å². The van der Waals surface area contributed by atoms with Crippen LogP contribution in [-0.2, 0) is 4.79 Å². The Morgan fingerprint density at radius 3 is 2.80 bits per heavy atom. The van der Waals surface area contributed by atoms with E-state index in [1.54, 1.807) is 29.3 Å². The monoisotopic (exact) mass is 344 g/mol. The number of ether oxygens (including phenoxy) is 1. The molecule has 8 nitrogen and oxygen atoms in total. The van der Waals surface area contributed by atoms with Crippen LogP contribution in [0.3, 0.4) is 0 Å². The van der Waals surface area contributed by atoms with E-state index in [0.29, 0.717) is 49.8 Å². The molecule has 132 valence electrons. The predicted octanol–water partition coefficient (Wildman–Crippen LogP) is 1.81. The summed E-state index contributed by atoms with van der Waals surface area (Å²) in [5, 5.41) is 16.0. The van der Waals surface area contributed by atoms with Crippen LogP contribution in [0.2, 0.25) is 0 Å². The fourth-order valence-electron chi connectivity index (χ4n) is 2.87. The molecule has 3 rings (SSSR count). The van der Waals surface area contributed by atoms with Gasteiger partial charge in [-0.3, -0.25) is 14.7 Å². The van der Waals surface area contributed by atoms with Crippen LogP contribution < -0.4 is 4.74 Å². The second-order valence-corrected chi connectivity index (χ2v) is 5.89. The molecule has 1 amide bonds. The second-order valence-electron chi connectivity index (χ2n) is 5.89. The standard InChI is InChI=1S/C17H20N4O4/c1-2-25-15-9-12(3-6-18-15)13-10-14(20-19-13)16(22)21-7-4-11(5-8-21)17(23)24/h3,6,9-11H,2,4-5,7-8H2,1H3,(H,19,20)(H,23,24). The van der Waals surface area contributed by atoms with Crippen molar-refractivity contribution in [2.75, 3.05) is 19.7 Å². The number of H-pyrrole nitrogens is 1. The average molecular weight is 344 g/mol. The number of aliphatic carboxylic acids is 1. The lowest BCUT2D eigenvalue weighted by molar-refractivity contribution is -0.143. The molecule has 2 N–H and O–H groups in total. The molecule has 3 heterocycles. The number of carbonyl (C=O) groups is 2. The van der Waals surface area contributed by atoms with E-state index in [1.807, 2.05) is 6.92 Å². The van der Waals surface area contributed by atoms with Gasteiger partial charge in [0.15, 0.2) is 0 Å². The van der Waals surface area contributed by atoms with Gasteiger partial charge in [0.1, 0.15) is 5.69 Å². The van der Waals surface area contributed by atoms with Gasteiger partial charge >= 0.3 is 5.97 Å². The largest absolute Gasteiger partial charge is 0.481 e.